The molecule has 72 valence electrons. The Labute approximate surface area is 84.1 Å². The second kappa shape index (κ2) is 2.69. The molecular formula is C13H14O. The lowest BCUT2D eigenvalue weighted by molar-refractivity contribution is -0.125. The fourth-order valence-electron chi connectivity index (χ4n) is 3.06. The summed E-state index contributed by atoms with van der Waals surface area (Å²) in [6.45, 7) is 0. The second-order valence-electron chi connectivity index (χ2n) is 4.68. The maximum absolute atomic E-state index is 11.9. The van der Waals surface area contributed by atoms with Gasteiger partial charge >= 0.3 is 0 Å². The highest BCUT2D eigenvalue weighted by Crippen LogP contribution is 2.46. The van der Waals surface area contributed by atoms with E-state index in [1.54, 1.807) is 0 Å². The molecule has 1 aromatic rings. The van der Waals surface area contributed by atoms with Crippen molar-refractivity contribution in [3.05, 3.63) is 35.4 Å². The van der Waals surface area contributed by atoms with Crippen LogP contribution in [-0.4, -0.2) is 5.78 Å². The van der Waals surface area contributed by atoms with Crippen molar-refractivity contribution < 1.29 is 4.79 Å². The highest BCUT2D eigenvalue weighted by atomic mass is 16.1. The molecule has 0 aliphatic heterocycles. The maximum Gasteiger partial charge on any atom is 0.139 e. The molecule has 14 heavy (non-hydrogen) atoms. The standard InChI is InChI=1S/C13H14O/c14-12-6-3-7-13(12)8-10-4-1-2-5-11(10)9-13/h1-2,4-5H,3,6-9H2. The molecule has 1 saturated carbocycles. The first-order valence-electron chi connectivity index (χ1n) is 5.40. The van der Waals surface area contributed by atoms with E-state index in [-0.39, 0.29) is 5.41 Å². The predicted octanol–water partition coefficient (Wildman–Crippen LogP) is 2.52. The predicted molar refractivity (Wildman–Crippen MR) is 55.1 cm³/mol. The van der Waals surface area contributed by atoms with E-state index in [9.17, 15) is 4.79 Å². The fraction of sp³-hybridized carbons (Fsp3) is 0.462. The number of carbonyl (C=O) groups excluding carboxylic acids is 1. The van der Waals surface area contributed by atoms with Crippen molar-refractivity contribution in [2.24, 2.45) is 5.41 Å². The molecule has 1 fully saturated rings. The Bertz CT molecular complexity index is 367. The second-order valence-corrected chi connectivity index (χ2v) is 4.68. The van der Waals surface area contributed by atoms with Crippen LogP contribution in [0.15, 0.2) is 24.3 Å². The molecule has 0 saturated heterocycles. The highest BCUT2D eigenvalue weighted by molar-refractivity contribution is 5.88. The summed E-state index contributed by atoms with van der Waals surface area (Å²) in [5, 5.41) is 0. The van der Waals surface area contributed by atoms with Crippen LogP contribution in [0.2, 0.25) is 0 Å². The highest BCUT2D eigenvalue weighted by Gasteiger charge is 2.45. The van der Waals surface area contributed by atoms with E-state index in [0.717, 1.165) is 32.1 Å². The Balaban J connectivity index is 2.01. The zero-order valence-electron chi connectivity index (χ0n) is 8.25. The third-order valence-corrected chi connectivity index (χ3v) is 3.83. The summed E-state index contributed by atoms with van der Waals surface area (Å²) in [6, 6.07) is 8.51. The van der Waals surface area contributed by atoms with E-state index in [2.05, 4.69) is 24.3 Å². The SMILES string of the molecule is O=C1CCCC12Cc1ccccc1C2. The molecule has 0 amide bonds. The molecule has 1 nitrogen and oxygen atoms in total. The van der Waals surface area contributed by atoms with Gasteiger partial charge in [0.05, 0.1) is 0 Å². The minimum atomic E-state index is 0.0175. The van der Waals surface area contributed by atoms with E-state index >= 15 is 0 Å². The summed E-state index contributed by atoms with van der Waals surface area (Å²) in [5.74, 6) is 0.508. The first kappa shape index (κ1) is 8.22. The van der Waals surface area contributed by atoms with E-state index in [0.29, 0.717) is 5.78 Å². The molecule has 2 aliphatic carbocycles. The Morgan fingerprint density at radius 1 is 1.07 bits per heavy atom. The van der Waals surface area contributed by atoms with Gasteiger partial charge in [0.1, 0.15) is 5.78 Å². The van der Waals surface area contributed by atoms with Crippen molar-refractivity contribution in [3.63, 3.8) is 0 Å². The number of Topliss-reactive ketones (excluding diaryl/α,β-unsaturated/α-hetero) is 1. The lowest BCUT2D eigenvalue weighted by Crippen LogP contribution is -2.25. The van der Waals surface area contributed by atoms with Crippen molar-refractivity contribution >= 4 is 5.78 Å². The number of fused-ring (bicyclic) bond motifs is 1. The van der Waals surface area contributed by atoms with E-state index < -0.39 is 0 Å². The van der Waals surface area contributed by atoms with E-state index in [1.807, 2.05) is 0 Å². The van der Waals surface area contributed by atoms with Crippen LogP contribution in [0.25, 0.3) is 0 Å². The number of benzene rings is 1. The minimum absolute atomic E-state index is 0.0175. The lowest BCUT2D eigenvalue weighted by Gasteiger charge is -2.19. The van der Waals surface area contributed by atoms with E-state index in [1.165, 1.54) is 11.1 Å². The quantitative estimate of drug-likeness (QED) is 0.608. The number of rotatable bonds is 0. The number of ketones is 1. The van der Waals surface area contributed by atoms with Crippen molar-refractivity contribution in [2.75, 3.05) is 0 Å². The summed E-state index contributed by atoms with van der Waals surface area (Å²) in [5.41, 5.74) is 2.83. The minimum Gasteiger partial charge on any atom is -0.299 e. The third-order valence-electron chi connectivity index (χ3n) is 3.83. The Kier molecular flexibility index (Phi) is 1.58. The van der Waals surface area contributed by atoms with Crippen LogP contribution in [0, 0.1) is 5.41 Å². The molecule has 0 N–H and O–H groups in total. The normalized spacial score (nSPS) is 23.0. The molecule has 0 atom stereocenters. The molecule has 1 heteroatoms. The van der Waals surface area contributed by atoms with Crippen LogP contribution in [0.4, 0.5) is 0 Å². The molecular weight excluding hydrogens is 172 g/mol. The van der Waals surface area contributed by atoms with Crippen LogP contribution in [0.3, 0.4) is 0 Å². The Hall–Kier alpha value is -1.11. The van der Waals surface area contributed by atoms with Gasteiger partial charge < -0.3 is 0 Å². The van der Waals surface area contributed by atoms with Crippen LogP contribution in [-0.2, 0) is 17.6 Å². The van der Waals surface area contributed by atoms with Crippen molar-refractivity contribution in [1.82, 2.24) is 0 Å². The number of hydrogen-bond acceptors (Lipinski definition) is 1. The Morgan fingerprint density at radius 2 is 1.71 bits per heavy atom. The molecule has 0 aromatic heterocycles. The van der Waals surface area contributed by atoms with Gasteiger partial charge in [0.25, 0.3) is 0 Å². The topological polar surface area (TPSA) is 17.1 Å². The molecule has 0 radical (unpaired) electrons. The molecule has 2 aliphatic rings. The fourth-order valence-corrected chi connectivity index (χ4v) is 3.06. The largest absolute Gasteiger partial charge is 0.299 e. The summed E-state index contributed by atoms with van der Waals surface area (Å²) < 4.78 is 0. The van der Waals surface area contributed by atoms with Crippen molar-refractivity contribution in [3.8, 4) is 0 Å². The zero-order chi connectivity index (χ0) is 9.60. The summed E-state index contributed by atoms with van der Waals surface area (Å²) in [6.07, 6.45) is 5.03. The van der Waals surface area contributed by atoms with Gasteiger partial charge in [-0.25, -0.2) is 0 Å². The van der Waals surface area contributed by atoms with Gasteiger partial charge in [-0.3, -0.25) is 4.79 Å². The number of carbonyl (C=O) groups is 1. The molecule has 3 rings (SSSR count). The molecule has 1 spiro atoms. The molecule has 0 unspecified atom stereocenters. The van der Waals surface area contributed by atoms with Crippen molar-refractivity contribution in [1.29, 1.82) is 0 Å². The van der Waals surface area contributed by atoms with E-state index in [4.69, 9.17) is 0 Å². The summed E-state index contributed by atoms with van der Waals surface area (Å²) in [4.78, 5) is 11.9. The molecule has 0 bridgehead atoms. The average Bonchev–Trinajstić information content (AvgIpc) is 2.71. The molecule has 0 heterocycles. The molecule has 1 aromatic carbocycles. The average molecular weight is 186 g/mol. The summed E-state index contributed by atoms with van der Waals surface area (Å²) >= 11 is 0. The first-order valence-corrected chi connectivity index (χ1v) is 5.40. The monoisotopic (exact) mass is 186 g/mol. The van der Waals surface area contributed by atoms with Gasteiger partial charge in [-0.05, 0) is 36.8 Å². The van der Waals surface area contributed by atoms with Crippen LogP contribution >= 0.6 is 0 Å². The van der Waals surface area contributed by atoms with Gasteiger partial charge in [-0.1, -0.05) is 24.3 Å². The smallest absolute Gasteiger partial charge is 0.139 e. The van der Waals surface area contributed by atoms with Gasteiger partial charge in [0.15, 0.2) is 0 Å². The third kappa shape index (κ3) is 0.985. The maximum atomic E-state index is 11.9. The van der Waals surface area contributed by atoms with Gasteiger partial charge in [0, 0.05) is 11.8 Å². The van der Waals surface area contributed by atoms with Gasteiger partial charge in [-0.15, -0.1) is 0 Å². The number of hydrogen-bond donors (Lipinski definition) is 0. The van der Waals surface area contributed by atoms with Gasteiger partial charge in [-0.2, -0.15) is 0 Å². The van der Waals surface area contributed by atoms with Crippen molar-refractivity contribution in [2.45, 2.75) is 32.1 Å². The first-order chi connectivity index (χ1) is 6.80. The lowest BCUT2D eigenvalue weighted by atomic mass is 9.82. The van der Waals surface area contributed by atoms with Gasteiger partial charge in [0.2, 0.25) is 0 Å². The van der Waals surface area contributed by atoms with Crippen LogP contribution < -0.4 is 0 Å². The Morgan fingerprint density at radius 3 is 2.21 bits per heavy atom. The zero-order valence-corrected chi connectivity index (χ0v) is 8.25. The van der Waals surface area contributed by atoms with Crippen LogP contribution in [0.1, 0.15) is 30.4 Å². The van der Waals surface area contributed by atoms with Crippen LogP contribution in [0.5, 0.6) is 0 Å². The summed E-state index contributed by atoms with van der Waals surface area (Å²) in [7, 11) is 0.